The predicted octanol–water partition coefficient (Wildman–Crippen LogP) is 5.19. The van der Waals surface area contributed by atoms with Gasteiger partial charge in [-0.2, -0.15) is 4.31 Å². The summed E-state index contributed by atoms with van der Waals surface area (Å²) in [6.45, 7) is 3.97. The number of H-pyrrole nitrogens is 1. The van der Waals surface area contributed by atoms with Gasteiger partial charge in [0, 0.05) is 29.6 Å². The first kappa shape index (κ1) is 22.3. The van der Waals surface area contributed by atoms with Crippen LogP contribution in [0.1, 0.15) is 22.3 Å². The lowest BCUT2D eigenvalue weighted by Crippen LogP contribution is -2.32. The number of aromatic nitrogens is 1. The Kier molecular flexibility index (Phi) is 6.20. The zero-order valence-corrected chi connectivity index (χ0v) is 19.4. The van der Waals surface area contributed by atoms with Gasteiger partial charge in [0.25, 0.3) is 5.56 Å². The number of rotatable bonds is 6. The van der Waals surface area contributed by atoms with Crippen LogP contribution >= 0.6 is 11.6 Å². The zero-order chi connectivity index (χ0) is 22.9. The Morgan fingerprint density at radius 2 is 1.59 bits per heavy atom. The summed E-state index contributed by atoms with van der Waals surface area (Å²) in [6, 6.07) is 21.3. The molecule has 7 heteroatoms. The first-order chi connectivity index (χ1) is 15.3. The van der Waals surface area contributed by atoms with Gasteiger partial charge in [0.15, 0.2) is 0 Å². The molecular weight excluding hydrogens is 444 g/mol. The average molecular weight is 467 g/mol. The van der Waals surface area contributed by atoms with Gasteiger partial charge in [0.05, 0.1) is 5.02 Å². The number of halogens is 1. The van der Waals surface area contributed by atoms with Gasteiger partial charge in [0.2, 0.25) is 10.0 Å². The number of aromatic amines is 1. The monoisotopic (exact) mass is 466 g/mol. The minimum Gasteiger partial charge on any atom is -0.322 e. The Hall–Kier alpha value is -2.93. The maximum absolute atomic E-state index is 13.6. The van der Waals surface area contributed by atoms with E-state index in [2.05, 4.69) is 4.98 Å². The molecule has 0 spiro atoms. The molecule has 1 heterocycles. The molecule has 32 heavy (non-hydrogen) atoms. The van der Waals surface area contributed by atoms with E-state index in [-0.39, 0.29) is 28.6 Å². The first-order valence-electron chi connectivity index (χ1n) is 10.2. The molecule has 0 saturated heterocycles. The number of fused-ring (bicyclic) bond motifs is 1. The van der Waals surface area contributed by atoms with E-state index in [1.807, 2.05) is 56.3 Å². The zero-order valence-electron chi connectivity index (χ0n) is 17.8. The first-order valence-corrected chi connectivity index (χ1v) is 12.0. The van der Waals surface area contributed by atoms with Crippen LogP contribution in [0.5, 0.6) is 0 Å². The van der Waals surface area contributed by atoms with Crippen LogP contribution in [-0.2, 0) is 23.1 Å². The quantitative estimate of drug-likeness (QED) is 0.425. The molecule has 0 aliphatic rings. The van der Waals surface area contributed by atoms with Gasteiger partial charge < -0.3 is 4.98 Å². The molecule has 0 aliphatic carbocycles. The van der Waals surface area contributed by atoms with E-state index in [0.717, 1.165) is 27.6 Å². The molecule has 0 saturated carbocycles. The molecule has 0 atom stereocenters. The number of benzene rings is 3. The SMILES string of the molecule is Cc1cc(C)c2cc(CN(Cc3ccccc3)S(=O)(=O)c3ccccc3Cl)c(=O)[nH]c2c1. The molecule has 0 amide bonds. The van der Waals surface area contributed by atoms with Crippen molar-refractivity contribution in [3.63, 3.8) is 0 Å². The van der Waals surface area contributed by atoms with E-state index in [0.29, 0.717) is 5.56 Å². The van der Waals surface area contributed by atoms with Crippen LogP contribution in [0, 0.1) is 13.8 Å². The normalized spacial score (nSPS) is 11.9. The molecule has 0 radical (unpaired) electrons. The van der Waals surface area contributed by atoms with Crippen LogP contribution in [0.3, 0.4) is 0 Å². The molecule has 164 valence electrons. The van der Waals surface area contributed by atoms with Crippen LogP contribution in [0.4, 0.5) is 0 Å². The molecule has 0 unspecified atom stereocenters. The van der Waals surface area contributed by atoms with Gasteiger partial charge in [-0.15, -0.1) is 0 Å². The van der Waals surface area contributed by atoms with Gasteiger partial charge in [-0.05, 0) is 54.8 Å². The third-order valence-corrected chi connectivity index (χ3v) is 7.68. The van der Waals surface area contributed by atoms with Gasteiger partial charge in [0.1, 0.15) is 4.90 Å². The number of nitrogens with one attached hydrogen (secondary N) is 1. The van der Waals surface area contributed by atoms with E-state index < -0.39 is 10.0 Å². The molecule has 1 aromatic heterocycles. The van der Waals surface area contributed by atoms with Crippen molar-refractivity contribution in [1.82, 2.24) is 9.29 Å². The highest BCUT2D eigenvalue weighted by Gasteiger charge is 2.28. The van der Waals surface area contributed by atoms with Crippen LogP contribution in [0.2, 0.25) is 5.02 Å². The maximum Gasteiger partial charge on any atom is 0.252 e. The number of aryl methyl sites for hydroxylation is 2. The molecule has 3 aromatic carbocycles. The summed E-state index contributed by atoms with van der Waals surface area (Å²) in [7, 11) is -3.97. The third-order valence-electron chi connectivity index (χ3n) is 5.39. The van der Waals surface area contributed by atoms with Crippen LogP contribution < -0.4 is 5.56 Å². The molecule has 0 bridgehead atoms. The van der Waals surface area contributed by atoms with Crippen molar-refractivity contribution in [2.24, 2.45) is 0 Å². The van der Waals surface area contributed by atoms with E-state index in [1.165, 1.54) is 10.4 Å². The second kappa shape index (κ2) is 8.90. The van der Waals surface area contributed by atoms with Crippen molar-refractivity contribution >= 4 is 32.5 Å². The molecule has 5 nitrogen and oxygen atoms in total. The number of nitrogens with zero attached hydrogens (tertiary/aromatic N) is 1. The topological polar surface area (TPSA) is 70.2 Å². The lowest BCUT2D eigenvalue weighted by atomic mass is 10.0. The number of sulfonamides is 1. The lowest BCUT2D eigenvalue weighted by molar-refractivity contribution is 0.400. The van der Waals surface area contributed by atoms with Gasteiger partial charge in [-0.25, -0.2) is 8.42 Å². The molecule has 4 rings (SSSR count). The van der Waals surface area contributed by atoms with Gasteiger partial charge >= 0.3 is 0 Å². The van der Waals surface area contributed by atoms with Crippen LogP contribution in [-0.4, -0.2) is 17.7 Å². The highest BCUT2D eigenvalue weighted by atomic mass is 35.5. The lowest BCUT2D eigenvalue weighted by Gasteiger charge is -2.23. The molecule has 4 aromatic rings. The number of pyridine rings is 1. The van der Waals surface area contributed by atoms with E-state index in [1.54, 1.807) is 24.3 Å². The van der Waals surface area contributed by atoms with Crippen molar-refractivity contribution in [3.8, 4) is 0 Å². The van der Waals surface area contributed by atoms with Gasteiger partial charge in [-0.1, -0.05) is 60.1 Å². The van der Waals surface area contributed by atoms with E-state index in [4.69, 9.17) is 11.6 Å². The summed E-state index contributed by atoms with van der Waals surface area (Å²) < 4.78 is 28.5. The molecular formula is C25H23ClN2O3S. The van der Waals surface area contributed by atoms with Crippen LogP contribution in [0.25, 0.3) is 10.9 Å². The average Bonchev–Trinajstić information content (AvgIpc) is 2.75. The largest absolute Gasteiger partial charge is 0.322 e. The molecule has 0 aliphatic heterocycles. The summed E-state index contributed by atoms with van der Waals surface area (Å²) >= 11 is 6.23. The minimum atomic E-state index is -3.97. The highest BCUT2D eigenvalue weighted by Crippen LogP contribution is 2.27. The van der Waals surface area contributed by atoms with Crippen molar-refractivity contribution in [2.75, 3.05) is 0 Å². The predicted molar refractivity (Wildman–Crippen MR) is 128 cm³/mol. The summed E-state index contributed by atoms with van der Waals surface area (Å²) in [5, 5.41) is 1.03. The Bertz CT molecular complexity index is 1450. The Morgan fingerprint density at radius 3 is 2.31 bits per heavy atom. The van der Waals surface area contributed by atoms with E-state index in [9.17, 15) is 13.2 Å². The Labute approximate surface area is 192 Å². The second-order valence-electron chi connectivity index (χ2n) is 7.86. The standard InChI is InChI=1S/C25H23ClN2O3S/c1-17-12-18(2)21-14-20(25(29)27-23(21)13-17)16-28(15-19-8-4-3-5-9-19)32(30,31)24-11-7-6-10-22(24)26/h3-14H,15-16H2,1-2H3,(H,27,29). The fourth-order valence-electron chi connectivity index (χ4n) is 3.83. The molecule has 0 fully saturated rings. The van der Waals surface area contributed by atoms with Crippen molar-refractivity contribution < 1.29 is 8.42 Å². The van der Waals surface area contributed by atoms with Crippen molar-refractivity contribution in [1.29, 1.82) is 0 Å². The summed E-state index contributed by atoms with van der Waals surface area (Å²) in [4.78, 5) is 15.8. The third kappa shape index (κ3) is 4.48. The summed E-state index contributed by atoms with van der Waals surface area (Å²) in [6.07, 6.45) is 0. The fourth-order valence-corrected chi connectivity index (χ4v) is 5.73. The van der Waals surface area contributed by atoms with Crippen molar-refractivity contribution in [2.45, 2.75) is 31.8 Å². The van der Waals surface area contributed by atoms with Gasteiger partial charge in [-0.3, -0.25) is 4.79 Å². The fraction of sp³-hybridized carbons (Fsp3) is 0.160. The summed E-state index contributed by atoms with van der Waals surface area (Å²) in [5.74, 6) is 0. The van der Waals surface area contributed by atoms with Crippen molar-refractivity contribution in [3.05, 3.63) is 110 Å². The second-order valence-corrected chi connectivity index (χ2v) is 10.2. The summed E-state index contributed by atoms with van der Waals surface area (Å²) in [5.41, 5.74) is 3.67. The van der Waals surface area contributed by atoms with Crippen LogP contribution in [0.15, 0.2) is 82.5 Å². The Balaban J connectivity index is 1.82. The van der Waals surface area contributed by atoms with E-state index >= 15 is 0 Å². The minimum absolute atomic E-state index is 0.0154. The smallest absolute Gasteiger partial charge is 0.252 e. The highest BCUT2D eigenvalue weighted by molar-refractivity contribution is 7.89. The Morgan fingerprint density at radius 1 is 0.906 bits per heavy atom. The number of hydrogen-bond donors (Lipinski definition) is 1. The maximum atomic E-state index is 13.6. The number of hydrogen-bond acceptors (Lipinski definition) is 3. The molecule has 1 N–H and O–H groups in total.